The SMILES string of the molecule is Nc1nc(Nc2ccc3c(c2)OCCO3)sc1C(=O)c1ccccc1. The molecule has 0 amide bonds. The molecule has 3 N–H and O–H groups in total. The Kier molecular flexibility index (Phi) is 3.99. The fourth-order valence-electron chi connectivity index (χ4n) is 2.51. The van der Waals surface area contributed by atoms with E-state index in [2.05, 4.69) is 10.3 Å². The van der Waals surface area contributed by atoms with Crippen LogP contribution in [0.1, 0.15) is 15.2 Å². The standard InChI is InChI=1S/C18H15N3O3S/c19-17-16(15(22)11-4-2-1-3-5-11)25-18(21-17)20-12-6-7-13-14(10-12)24-9-8-23-13/h1-7,10H,8-9,19H2,(H,20,21). The van der Waals surface area contributed by atoms with E-state index in [0.717, 1.165) is 11.4 Å². The summed E-state index contributed by atoms with van der Waals surface area (Å²) in [6, 6.07) is 14.6. The van der Waals surface area contributed by atoms with Gasteiger partial charge >= 0.3 is 0 Å². The molecular weight excluding hydrogens is 338 g/mol. The Labute approximate surface area is 148 Å². The number of rotatable bonds is 4. The monoisotopic (exact) mass is 353 g/mol. The number of anilines is 3. The van der Waals surface area contributed by atoms with Crippen molar-refractivity contribution in [2.24, 2.45) is 0 Å². The highest BCUT2D eigenvalue weighted by molar-refractivity contribution is 7.18. The molecule has 3 aromatic rings. The fourth-order valence-corrected chi connectivity index (χ4v) is 3.38. The van der Waals surface area contributed by atoms with Gasteiger partial charge in [-0.15, -0.1) is 0 Å². The van der Waals surface area contributed by atoms with Crippen molar-refractivity contribution >= 4 is 33.8 Å². The molecule has 0 radical (unpaired) electrons. The smallest absolute Gasteiger partial charge is 0.206 e. The lowest BCUT2D eigenvalue weighted by molar-refractivity contribution is 0.104. The quantitative estimate of drug-likeness (QED) is 0.699. The average molecular weight is 353 g/mol. The van der Waals surface area contributed by atoms with Crippen LogP contribution in [0.2, 0.25) is 0 Å². The summed E-state index contributed by atoms with van der Waals surface area (Å²) in [6.45, 7) is 1.07. The third-order valence-corrected chi connectivity index (χ3v) is 4.67. The largest absolute Gasteiger partial charge is 0.486 e. The lowest BCUT2D eigenvalue weighted by Crippen LogP contribution is -2.15. The van der Waals surface area contributed by atoms with Gasteiger partial charge in [0.05, 0.1) is 0 Å². The number of fused-ring (bicyclic) bond motifs is 1. The molecule has 0 fully saturated rings. The molecule has 1 aromatic heterocycles. The van der Waals surface area contributed by atoms with Crippen molar-refractivity contribution in [1.29, 1.82) is 0 Å². The van der Waals surface area contributed by atoms with Crippen molar-refractivity contribution in [3.63, 3.8) is 0 Å². The van der Waals surface area contributed by atoms with E-state index in [1.165, 1.54) is 11.3 Å². The summed E-state index contributed by atoms with van der Waals surface area (Å²) in [5, 5.41) is 3.71. The second kappa shape index (κ2) is 6.45. The summed E-state index contributed by atoms with van der Waals surface area (Å²) < 4.78 is 11.1. The predicted octanol–water partition coefficient (Wildman–Crippen LogP) is 3.47. The second-order valence-electron chi connectivity index (χ2n) is 5.41. The van der Waals surface area contributed by atoms with Gasteiger partial charge in [-0.1, -0.05) is 41.7 Å². The summed E-state index contributed by atoms with van der Waals surface area (Å²) in [7, 11) is 0. The van der Waals surface area contributed by atoms with Gasteiger partial charge in [0.15, 0.2) is 16.6 Å². The van der Waals surface area contributed by atoms with Gasteiger partial charge in [-0.25, -0.2) is 4.98 Å². The van der Waals surface area contributed by atoms with E-state index in [9.17, 15) is 4.79 Å². The Morgan fingerprint density at radius 2 is 1.84 bits per heavy atom. The van der Waals surface area contributed by atoms with Crippen LogP contribution in [0.15, 0.2) is 48.5 Å². The van der Waals surface area contributed by atoms with E-state index in [-0.39, 0.29) is 11.6 Å². The van der Waals surface area contributed by atoms with Gasteiger partial charge in [-0.2, -0.15) is 0 Å². The Bertz CT molecular complexity index is 925. The lowest BCUT2D eigenvalue weighted by atomic mass is 10.1. The van der Waals surface area contributed by atoms with Gasteiger partial charge in [0.2, 0.25) is 5.78 Å². The van der Waals surface area contributed by atoms with Gasteiger partial charge in [-0.3, -0.25) is 4.79 Å². The summed E-state index contributed by atoms with van der Waals surface area (Å²) in [5.41, 5.74) is 7.31. The van der Waals surface area contributed by atoms with Crippen molar-refractivity contribution in [1.82, 2.24) is 4.98 Å². The van der Waals surface area contributed by atoms with Crippen molar-refractivity contribution in [3.05, 3.63) is 59.0 Å². The van der Waals surface area contributed by atoms with Crippen LogP contribution in [0.5, 0.6) is 11.5 Å². The summed E-state index contributed by atoms with van der Waals surface area (Å²) in [5.74, 6) is 1.49. The number of hydrogen-bond acceptors (Lipinski definition) is 7. The van der Waals surface area contributed by atoms with Crippen LogP contribution < -0.4 is 20.5 Å². The number of aromatic nitrogens is 1. The molecule has 1 aliphatic heterocycles. The van der Waals surface area contributed by atoms with Crippen molar-refractivity contribution < 1.29 is 14.3 Å². The number of ether oxygens (including phenoxy) is 2. The number of benzene rings is 2. The highest BCUT2D eigenvalue weighted by Crippen LogP contribution is 2.35. The number of nitrogen functional groups attached to an aromatic ring is 1. The molecule has 0 bridgehead atoms. The topological polar surface area (TPSA) is 86.5 Å². The Balaban J connectivity index is 1.57. The molecule has 0 aliphatic carbocycles. The maximum absolute atomic E-state index is 12.6. The van der Waals surface area contributed by atoms with E-state index in [0.29, 0.717) is 34.5 Å². The van der Waals surface area contributed by atoms with Gasteiger partial charge < -0.3 is 20.5 Å². The van der Waals surface area contributed by atoms with Crippen molar-refractivity contribution in [2.75, 3.05) is 24.3 Å². The van der Waals surface area contributed by atoms with Crippen LogP contribution in [0.4, 0.5) is 16.6 Å². The molecule has 0 saturated heterocycles. The molecule has 2 heterocycles. The van der Waals surface area contributed by atoms with Gasteiger partial charge in [0, 0.05) is 17.3 Å². The maximum Gasteiger partial charge on any atom is 0.206 e. The number of nitrogens with one attached hydrogen (secondary N) is 1. The van der Waals surface area contributed by atoms with E-state index in [4.69, 9.17) is 15.2 Å². The molecule has 0 atom stereocenters. The minimum Gasteiger partial charge on any atom is -0.486 e. The van der Waals surface area contributed by atoms with Crippen LogP contribution in [0.3, 0.4) is 0 Å². The number of ketones is 1. The molecule has 0 spiro atoms. The molecule has 1 aliphatic rings. The highest BCUT2D eigenvalue weighted by atomic mass is 32.1. The number of hydrogen-bond donors (Lipinski definition) is 2. The Morgan fingerprint density at radius 3 is 2.64 bits per heavy atom. The molecule has 4 rings (SSSR count). The first-order valence-electron chi connectivity index (χ1n) is 7.73. The average Bonchev–Trinajstić information content (AvgIpc) is 3.02. The zero-order valence-corrected chi connectivity index (χ0v) is 14.0. The summed E-state index contributed by atoms with van der Waals surface area (Å²) in [6.07, 6.45) is 0. The Morgan fingerprint density at radius 1 is 1.08 bits per heavy atom. The van der Waals surface area contributed by atoms with Gasteiger partial charge in [-0.05, 0) is 12.1 Å². The number of thiazole rings is 1. The third kappa shape index (κ3) is 3.14. The second-order valence-corrected chi connectivity index (χ2v) is 6.41. The molecule has 7 heteroatoms. The fraction of sp³-hybridized carbons (Fsp3) is 0.111. The minimum atomic E-state index is -0.133. The molecule has 6 nitrogen and oxygen atoms in total. The van der Waals surface area contributed by atoms with Crippen LogP contribution in [0, 0.1) is 0 Å². The van der Waals surface area contributed by atoms with E-state index in [1.54, 1.807) is 12.1 Å². The maximum atomic E-state index is 12.6. The van der Waals surface area contributed by atoms with E-state index >= 15 is 0 Å². The normalized spacial score (nSPS) is 12.6. The predicted molar refractivity (Wildman–Crippen MR) is 97.1 cm³/mol. The zero-order valence-electron chi connectivity index (χ0n) is 13.2. The first-order chi connectivity index (χ1) is 12.2. The van der Waals surface area contributed by atoms with Crippen molar-refractivity contribution in [3.8, 4) is 11.5 Å². The number of carbonyl (C=O) groups excluding carboxylic acids is 1. The van der Waals surface area contributed by atoms with Gasteiger partial charge in [0.25, 0.3) is 0 Å². The van der Waals surface area contributed by atoms with E-state index in [1.807, 2.05) is 36.4 Å². The molecule has 126 valence electrons. The number of nitrogens with two attached hydrogens (primary N) is 1. The van der Waals surface area contributed by atoms with Crippen LogP contribution in [-0.4, -0.2) is 24.0 Å². The Hall–Kier alpha value is -3.06. The summed E-state index contributed by atoms with van der Waals surface area (Å²) in [4.78, 5) is 17.2. The van der Waals surface area contributed by atoms with Crippen molar-refractivity contribution in [2.45, 2.75) is 0 Å². The first-order valence-corrected chi connectivity index (χ1v) is 8.55. The molecule has 0 saturated carbocycles. The molecule has 2 aromatic carbocycles. The first kappa shape index (κ1) is 15.5. The minimum absolute atomic E-state index is 0.133. The number of carbonyl (C=O) groups is 1. The van der Waals surface area contributed by atoms with Gasteiger partial charge in [0.1, 0.15) is 23.9 Å². The van der Waals surface area contributed by atoms with Crippen LogP contribution in [-0.2, 0) is 0 Å². The molecular formula is C18H15N3O3S. The molecule has 25 heavy (non-hydrogen) atoms. The number of nitrogens with zero attached hydrogens (tertiary/aromatic N) is 1. The van der Waals surface area contributed by atoms with Crippen LogP contribution >= 0.6 is 11.3 Å². The third-order valence-electron chi connectivity index (χ3n) is 3.69. The zero-order chi connectivity index (χ0) is 17.2. The highest BCUT2D eigenvalue weighted by Gasteiger charge is 2.18. The lowest BCUT2D eigenvalue weighted by Gasteiger charge is -2.18. The van der Waals surface area contributed by atoms with E-state index < -0.39 is 0 Å². The molecule has 0 unspecified atom stereocenters. The van der Waals surface area contributed by atoms with Crippen LogP contribution in [0.25, 0.3) is 0 Å². The summed E-state index contributed by atoms with van der Waals surface area (Å²) >= 11 is 1.23.